The first-order chi connectivity index (χ1) is 28.8. The predicted molar refractivity (Wildman–Crippen MR) is 241 cm³/mol. The van der Waals surface area contributed by atoms with E-state index in [1.165, 1.54) is 65.3 Å². The summed E-state index contributed by atoms with van der Waals surface area (Å²) >= 11 is 0. The second kappa shape index (κ2) is 12.7. The third kappa shape index (κ3) is 4.42. The minimum atomic E-state index is -2.71. The molecule has 0 aromatic heterocycles. The molecule has 0 radical (unpaired) electrons. The van der Waals surface area contributed by atoms with Gasteiger partial charge in [-0.05, 0) is 102 Å². The monoisotopic (exact) mass is 755 g/mol. The summed E-state index contributed by atoms with van der Waals surface area (Å²) in [7, 11) is -2.71. The molecule has 2 heterocycles. The van der Waals surface area contributed by atoms with E-state index in [4.69, 9.17) is 4.74 Å². The van der Waals surface area contributed by atoms with Crippen molar-refractivity contribution in [3.63, 3.8) is 0 Å². The molecule has 0 saturated carbocycles. The highest BCUT2D eigenvalue weighted by molar-refractivity contribution is 7.23. The van der Waals surface area contributed by atoms with Crippen molar-refractivity contribution in [2.24, 2.45) is 0 Å². The molecule has 0 saturated heterocycles. The van der Waals surface area contributed by atoms with Gasteiger partial charge < -0.3 is 9.64 Å². The van der Waals surface area contributed by atoms with Gasteiger partial charge in [0, 0.05) is 23.1 Å². The molecule has 12 rings (SSSR count). The second-order valence-corrected chi connectivity index (χ2v) is 19.2. The molecular formula is C55H37NOSi. The molecule has 0 atom stereocenters. The lowest BCUT2D eigenvalue weighted by Crippen LogP contribution is -2.74. The van der Waals surface area contributed by atoms with Crippen LogP contribution in [0.3, 0.4) is 0 Å². The number of benzene rings is 9. The van der Waals surface area contributed by atoms with E-state index in [0.29, 0.717) is 0 Å². The Morgan fingerprint density at radius 1 is 0.328 bits per heavy atom. The van der Waals surface area contributed by atoms with Crippen LogP contribution in [0, 0.1) is 0 Å². The van der Waals surface area contributed by atoms with E-state index in [-0.39, 0.29) is 0 Å². The third-order valence-electron chi connectivity index (χ3n) is 12.8. The van der Waals surface area contributed by atoms with E-state index < -0.39 is 13.5 Å². The van der Waals surface area contributed by atoms with Gasteiger partial charge in [0.15, 0.2) is 8.07 Å². The molecule has 58 heavy (non-hydrogen) atoms. The van der Waals surface area contributed by atoms with Crippen LogP contribution in [0.15, 0.2) is 224 Å². The Balaban J connectivity index is 1.10. The predicted octanol–water partition coefficient (Wildman–Crippen LogP) is 11.0. The maximum atomic E-state index is 7.03. The SMILES string of the molecule is c1ccc(N(c2ccc3c(c2)Oc2ccccc2[Si]32c3ccccc3-c3ccccc32)c2ccc3c(c2)C(c2ccccc2)(c2ccccc2)c2ccccc2-3)cc1. The molecule has 1 spiro atoms. The summed E-state index contributed by atoms with van der Waals surface area (Å²) in [6.07, 6.45) is 0. The molecule has 0 fully saturated rings. The summed E-state index contributed by atoms with van der Waals surface area (Å²) in [5.74, 6) is 1.87. The molecule has 1 aliphatic carbocycles. The van der Waals surface area contributed by atoms with Crippen molar-refractivity contribution in [1.82, 2.24) is 0 Å². The van der Waals surface area contributed by atoms with Crippen LogP contribution in [0.4, 0.5) is 17.1 Å². The normalized spacial score (nSPS) is 14.3. The topological polar surface area (TPSA) is 12.5 Å². The number of para-hydroxylation sites is 2. The maximum absolute atomic E-state index is 7.03. The van der Waals surface area contributed by atoms with Gasteiger partial charge in [-0.15, -0.1) is 0 Å². The molecule has 3 heteroatoms. The Kier molecular flexibility index (Phi) is 7.20. The Bertz CT molecular complexity index is 2960. The van der Waals surface area contributed by atoms with E-state index in [9.17, 15) is 0 Å². The molecule has 0 N–H and O–H groups in total. The molecule has 0 amide bonds. The van der Waals surface area contributed by atoms with Crippen molar-refractivity contribution in [3.8, 4) is 33.8 Å². The second-order valence-electron chi connectivity index (χ2n) is 15.5. The molecule has 9 aromatic carbocycles. The lowest BCUT2D eigenvalue weighted by molar-refractivity contribution is 0.487. The average molecular weight is 756 g/mol. The van der Waals surface area contributed by atoms with Gasteiger partial charge in [-0.1, -0.05) is 182 Å². The Hall–Kier alpha value is -7.20. The van der Waals surface area contributed by atoms with Crippen LogP contribution >= 0.6 is 0 Å². The molecule has 9 aromatic rings. The zero-order valence-electron chi connectivity index (χ0n) is 31.7. The highest BCUT2D eigenvalue weighted by atomic mass is 28.3. The fraction of sp³-hybridized carbons (Fsp3) is 0.0182. The van der Waals surface area contributed by atoms with Crippen molar-refractivity contribution in [2.45, 2.75) is 5.41 Å². The number of fused-ring (bicyclic) bond motifs is 12. The van der Waals surface area contributed by atoms with Crippen molar-refractivity contribution < 1.29 is 4.74 Å². The summed E-state index contributed by atoms with van der Waals surface area (Å²) < 4.78 is 7.03. The Morgan fingerprint density at radius 2 is 0.810 bits per heavy atom. The lowest BCUT2D eigenvalue weighted by Gasteiger charge is -2.38. The van der Waals surface area contributed by atoms with E-state index >= 15 is 0 Å². The Labute approximate surface area is 339 Å². The first kappa shape index (κ1) is 33.0. The minimum Gasteiger partial charge on any atom is -0.457 e. The zero-order valence-corrected chi connectivity index (χ0v) is 32.7. The van der Waals surface area contributed by atoms with Gasteiger partial charge in [0.05, 0.1) is 5.41 Å². The zero-order chi connectivity index (χ0) is 38.3. The van der Waals surface area contributed by atoms with Gasteiger partial charge in [-0.3, -0.25) is 0 Å². The molecule has 272 valence electrons. The molecule has 0 bridgehead atoms. The number of rotatable bonds is 5. The van der Waals surface area contributed by atoms with Crippen LogP contribution in [0.2, 0.25) is 0 Å². The van der Waals surface area contributed by atoms with Crippen LogP contribution in [0.5, 0.6) is 11.5 Å². The summed E-state index contributed by atoms with van der Waals surface area (Å²) in [6, 6.07) is 82.7. The van der Waals surface area contributed by atoms with Crippen LogP contribution in [-0.4, -0.2) is 8.07 Å². The standard InChI is InChI=1S/C55H37NOSi/c1-4-18-38(19-5-1)55(39-20-6-2-7-21-39)47-27-13-10-24-43(47)44-34-32-41(36-48(44)55)56(40-22-8-3-9-23-40)42-33-35-54-50(37-42)57-49-28-14-17-31-53(49)58(54)51-29-15-11-25-45(51)46-26-12-16-30-52(46)58/h1-37H. The molecule has 2 nitrogen and oxygen atoms in total. The van der Waals surface area contributed by atoms with Crippen molar-refractivity contribution in [3.05, 3.63) is 247 Å². The lowest BCUT2D eigenvalue weighted by atomic mass is 9.67. The highest BCUT2D eigenvalue weighted by Gasteiger charge is 2.53. The highest BCUT2D eigenvalue weighted by Crippen LogP contribution is 2.57. The Morgan fingerprint density at radius 3 is 1.48 bits per heavy atom. The number of hydrogen-bond acceptors (Lipinski definition) is 2. The van der Waals surface area contributed by atoms with Crippen LogP contribution in [-0.2, 0) is 5.41 Å². The fourth-order valence-corrected chi connectivity index (χ4v) is 15.9. The van der Waals surface area contributed by atoms with Crippen molar-refractivity contribution in [1.29, 1.82) is 0 Å². The van der Waals surface area contributed by atoms with Crippen LogP contribution in [0.1, 0.15) is 22.3 Å². The largest absolute Gasteiger partial charge is 0.457 e. The summed E-state index contributed by atoms with van der Waals surface area (Å²) in [6.45, 7) is 0. The summed E-state index contributed by atoms with van der Waals surface area (Å²) in [5.41, 5.74) is 13.0. The maximum Gasteiger partial charge on any atom is 0.189 e. The van der Waals surface area contributed by atoms with Gasteiger partial charge in [0.1, 0.15) is 11.5 Å². The van der Waals surface area contributed by atoms with Crippen LogP contribution in [0.25, 0.3) is 22.3 Å². The quantitative estimate of drug-likeness (QED) is 0.162. The van der Waals surface area contributed by atoms with Crippen LogP contribution < -0.4 is 30.4 Å². The number of hydrogen-bond donors (Lipinski definition) is 0. The first-order valence-corrected chi connectivity index (χ1v) is 22.1. The van der Waals surface area contributed by atoms with Gasteiger partial charge in [-0.2, -0.15) is 0 Å². The molecule has 0 unspecified atom stereocenters. The third-order valence-corrected chi connectivity index (χ3v) is 17.7. The molecule has 2 aliphatic heterocycles. The van der Waals surface area contributed by atoms with Gasteiger partial charge in [-0.25, -0.2) is 0 Å². The first-order valence-electron chi connectivity index (χ1n) is 20.1. The van der Waals surface area contributed by atoms with Gasteiger partial charge >= 0.3 is 0 Å². The smallest absolute Gasteiger partial charge is 0.189 e. The van der Waals surface area contributed by atoms with E-state index in [1.54, 1.807) is 0 Å². The van der Waals surface area contributed by atoms with E-state index in [0.717, 1.165) is 28.6 Å². The number of nitrogens with zero attached hydrogens (tertiary/aromatic N) is 1. The van der Waals surface area contributed by atoms with Crippen molar-refractivity contribution in [2.75, 3.05) is 4.90 Å². The van der Waals surface area contributed by atoms with Gasteiger partial charge in [0.25, 0.3) is 0 Å². The summed E-state index contributed by atoms with van der Waals surface area (Å²) in [5, 5.41) is 5.45. The minimum absolute atomic E-state index is 0.503. The van der Waals surface area contributed by atoms with Crippen molar-refractivity contribution >= 4 is 45.9 Å². The fourth-order valence-electron chi connectivity index (χ4n) is 10.6. The molecule has 3 aliphatic rings. The average Bonchev–Trinajstić information content (AvgIpc) is 3.76. The summed E-state index contributed by atoms with van der Waals surface area (Å²) in [4.78, 5) is 2.40. The van der Waals surface area contributed by atoms with E-state index in [1.807, 2.05) is 0 Å². The molecular weight excluding hydrogens is 719 g/mol. The number of anilines is 3. The van der Waals surface area contributed by atoms with E-state index in [2.05, 4.69) is 229 Å². The van der Waals surface area contributed by atoms with Gasteiger partial charge in [0.2, 0.25) is 0 Å². The number of ether oxygens (including phenoxy) is 1.